The fraction of sp³-hybridized carbons (Fsp3) is 0.708. The van der Waals surface area contributed by atoms with E-state index in [0.717, 1.165) is 25.2 Å². The molecule has 1 N–H and O–H groups in total. The topological polar surface area (TPSA) is 32.3 Å². The molecule has 1 heterocycles. The van der Waals surface area contributed by atoms with E-state index >= 15 is 0 Å². The Kier molecular flexibility index (Phi) is 5.59. The number of hydrogen-bond donors (Lipinski definition) is 1. The average Bonchev–Trinajstić information content (AvgIpc) is 3.30. The van der Waals surface area contributed by atoms with E-state index in [4.69, 9.17) is 0 Å². The van der Waals surface area contributed by atoms with E-state index in [0.29, 0.717) is 5.91 Å². The Bertz CT molecular complexity index is 660. The van der Waals surface area contributed by atoms with Crippen molar-refractivity contribution in [2.45, 2.75) is 76.7 Å². The van der Waals surface area contributed by atoms with Crippen molar-refractivity contribution in [2.75, 3.05) is 19.6 Å². The first-order valence-electron chi connectivity index (χ1n) is 11.2. The molecule has 0 unspecified atom stereocenters. The van der Waals surface area contributed by atoms with Gasteiger partial charge in [-0.05, 0) is 75.2 Å². The van der Waals surface area contributed by atoms with Crippen molar-refractivity contribution in [3.63, 3.8) is 0 Å². The van der Waals surface area contributed by atoms with Gasteiger partial charge in [-0.3, -0.25) is 4.79 Å². The first-order chi connectivity index (χ1) is 13.1. The second-order valence-electron chi connectivity index (χ2n) is 9.64. The molecule has 0 aromatic heterocycles. The molecular weight excluding hydrogens is 332 g/mol. The Morgan fingerprint density at radius 1 is 1.22 bits per heavy atom. The molecule has 3 heteroatoms. The molecule has 2 aliphatic carbocycles. The molecule has 1 spiro atoms. The minimum atomic E-state index is 0. The van der Waals surface area contributed by atoms with Gasteiger partial charge in [0.05, 0.1) is 6.04 Å². The second kappa shape index (κ2) is 7.95. The summed E-state index contributed by atoms with van der Waals surface area (Å²) in [6.07, 6.45) is 9.46. The summed E-state index contributed by atoms with van der Waals surface area (Å²) >= 11 is 0. The molecule has 3 nitrogen and oxygen atoms in total. The standard InChI is InChI=1S/C24H36N2O.H2/c1-18(2)11-14-26-15-12-24(13-16-26)17-22(20-9-5-6-10-21(20)24)25-23(27)19-7-3-4-8-19;/h5-6,9-10,18-19,22H,3-4,7-8,11-17H2,1-2H3,(H,25,27);1H/t22-;/m0./s1. The van der Waals surface area contributed by atoms with Crippen LogP contribution >= 0.6 is 0 Å². The molecule has 3 aliphatic rings. The lowest BCUT2D eigenvalue weighted by molar-refractivity contribution is -0.125. The number of rotatable bonds is 5. The molecule has 1 atom stereocenters. The average molecular weight is 371 g/mol. The first-order valence-corrected chi connectivity index (χ1v) is 11.2. The predicted octanol–water partition coefficient (Wildman–Crippen LogP) is 5.06. The van der Waals surface area contributed by atoms with Crippen LogP contribution in [-0.4, -0.2) is 30.4 Å². The molecule has 0 radical (unpaired) electrons. The molecule has 2 fully saturated rings. The van der Waals surface area contributed by atoms with Gasteiger partial charge in [-0.1, -0.05) is 51.0 Å². The number of carbonyl (C=O) groups is 1. The van der Waals surface area contributed by atoms with E-state index in [-0.39, 0.29) is 18.8 Å². The third-order valence-electron chi connectivity index (χ3n) is 7.38. The van der Waals surface area contributed by atoms with Crippen LogP contribution in [-0.2, 0) is 10.2 Å². The Labute approximate surface area is 166 Å². The number of fused-ring (bicyclic) bond motifs is 2. The van der Waals surface area contributed by atoms with Crippen LogP contribution in [0.3, 0.4) is 0 Å². The number of piperidine rings is 1. The first kappa shape index (κ1) is 19.0. The molecule has 1 aromatic carbocycles. The van der Waals surface area contributed by atoms with Crippen molar-refractivity contribution < 1.29 is 6.22 Å². The zero-order valence-corrected chi connectivity index (χ0v) is 17.2. The van der Waals surface area contributed by atoms with Gasteiger partial charge in [0.25, 0.3) is 0 Å². The summed E-state index contributed by atoms with van der Waals surface area (Å²) in [4.78, 5) is 15.4. The fourth-order valence-electron chi connectivity index (χ4n) is 5.62. The third-order valence-corrected chi connectivity index (χ3v) is 7.38. The minimum Gasteiger partial charge on any atom is -0.349 e. The number of amides is 1. The maximum absolute atomic E-state index is 12.8. The quantitative estimate of drug-likeness (QED) is 0.785. The van der Waals surface area contributed by atoms with Crippen LogP contribution in [0.5, 0.6) is 0 Å². The van der Waals surface area contributed by atoms with Crippen molar-refractivity contribution in [2.24, 2.45) is 11.8 Å². The SMILES string of the molecule is CC(C)CCN1CCC2(CC1)C[C@H](NC(=O)C1CCCC1)c1ccccc12.[HH]. The van der Waals surface area contributed by atoms with Crippen LogP contribution in [0.25, 0.3) is 0 Å². The Hall–Kier alpha value is -1.35. The highest BCUT2D eigenvalue weighted by molar-refractivity contribution is 5.79. The number of carbonyl (C=O) groups excluding carboxylic acids is 1. The maximum Gasteiger partial charge on any atom is 0.223 e. The summed E-state index contributed by atoms with van der Waals surface area (Å²) in [5, 5.41) is 3.45. The van der Waals surface area contributed by atoms with Crippen molar-refractivity contribution in [1.82, 2.24) is 10.2 Å². The lowest BCUT2D eigenvalue weighted by Gasteiger charge is -2.40. The van der Waals surface area contributed by atoms with E-state index < -0.39 is 0 Å². The van der Waals surface area contributed by atoms with E-state index in [1.807, 2.05) is 0 Å². The van der Waals surface area contributed by atoms with Gasteiger partial charge in [0.2, 0.25) is 5.91 Å². The summed E-state index contributed by atoms with van der Waals surface area (Å²) in [6, 6.07) is 9.14. The van der Waals surface area contributed by atoms with Gasteiger partial charge in [-0.25, -0.2) is 0 Å². The zero-order chi connectivity index (χ0) is 18.9. The van der Waals surface area contributed by atoms with Crippen LogP contribution < -0.4 is 5.32 Å². The number of hydrogen-bond acceptors (Lipinski definition) is 2. The molecule has 1 amide bonds. The van der Waals surface area contributed by atoms with Crippen molar-refractivity contribution in [3.8, 4) is 0 Å². The Morgan fingerprint density at radius 3 is 2.63 bits per heavy atom. The molecule has 0 bridgehead atoms. The lowest BCUT2D eigenvalue weighted by Crippen LogP contribution is -2.42. The smallest absolute Gasteiger partial charge is 0.223 e. The van der Waals surface area contributed by atoms with Crippen LogP contribution in [0.4, 0.5) is 0 Å². The highest BCUT2D eigenvalue weighted by Crippen LogP contribution is 2.50. The lowest BCUT2D eigenvalue weighted by atomic mass is 9.73. The normalized spacial score (nSPS) is 25.2. The summed E-state index contributed by atoms with van der Waals surface area (Å²) in [7, 11) is 0. The van der Waals surface area contributed by atoms with Gasteiger partial charge in [0.1, 0.15) is 0 Å². The van der Waals surface area contributed by atoms with Gasteiger partial charge in [-0.2, -0.15) is 0 Å². The second-order valence-corrected chi connectivity index (χ2v) is 9.64. The molecule has 27 heavy (non-hydrogen) atoms. The van der Waals surface area contributed by atoms with E-state index in [9.17, 15) is 4.79 Å². The summed E-state index contributed by atoms with van der Waals surface area (Å²) in [6.45, 7) is 8.26. The van der Waals surface area contributed by atoms with Crippen molar-refractivity contribution in [3.05, 3.63) is 35.4 Å². The van der Waals surface area contributed by atoms with Crippen LogP contribution in [0, 0.1) is 11.8 Å². The van der Waals surface area contributed by atoms with E-state index in [2.05, 4.69) is 48.3 Å². The highest BCUT2D eigenvalue weighted by Gasteiger charge is 2.45. The van der Waals surface area contributed by atoms with Crippen LogP contribution in [0.2, 0.25) is 0 Å². The monoisotopic (exact) mass is 370 g/mol. The number of nitrogens with zero attached hydrogens (tertiary/aromatic N) is 1. The summed E-state index contributed by atoms with van der Waals surface area (Å²) in [5.41, 5.74) is 3.18. The number of benzene rings is 1. The van der Waals surface area contributed by atoms with Gasteiger partial charge in [0.15, 0.2) is 0 Å². The zero-order valence-electron chi connectivity index (χ0n) is 17.2. The van der Waals surface area contributed by atoms with Crippen molar-refractivity contribution >= 4 is 5.91 Å². The van der Waals surface area contributed by atoms with Gasteiger partial charge >= 0.3 is 0 Å². The number of likely N-dealkylation sites (tertiary alicyclic amines) is 1. The number of nitrogens with one attached hydrogen (secondary N) is 1. The molecule has 4 rings (SSSR count). The maximum atomic E-state index is 12.8. The molecule has 1 saturated carbocycles. The molecular formula is C24H38N2O. The summed E-state index contributed by atoms with van der Waals surface area (Å²) < 4.78 is 0. The fourth-order valence-corrected chi connectivity index (χ4v) is 5.62. The minimum absolute atomic E-state index is 0. The van der Waals surface area contributed by atoms with Gasteiger partial charge in [0, 0.05) is 12.8 Å². The third kappa shape index (κ3) is 3.94. The van der Waals surface area contributed by atoms with E-state index in [1.54, 1.807) is 0 Å². The Balaban J connectivity index is 0.00000225. The molecule has 1 aliphatic heterocycles. The molecule has 150 valence electrons. The predicted molar refractivity (Wildman–Crippen MR) is 113 cm³/mol. The van der Waals surface area contributed by atoms with Crippen molar-refractivity contribution in [1.29, 1.82) is 0 Å². The molecule has 1 saturated heterocycles. The highest BCUT2D eigenvalue weighted by atomic mass is 16.1. The van der Waals surface area contributed by atoms with E-state index in [1.165, 1.54) is 62.9 Å². The largest absolute Gasteiger partial charge is 0.349 e. The molecule has 1 aromatic rings. The summed E-state index contributed by atoms with van der Waals surface area (Å²) in [5.74, 6) is 1.34. The van der Waals surface area contributed by atoms with Crippen LogP contribution in [0.1, 0.15) is 83.8 Å². The Morgan fingerprint density at radius 2 is 1.93 bits per heavy atom. The van der Waals surface area contributed by atoms with Gasteiger partial charge < -0.3 is 10.2 Å². The van der Waals surface area contributed by atoms with Crippen LogP contribution in [0.15, 0.2) is 24.3 Å². The van der Waals surface area contributed by atoms with Gasteiger partial charge in [-0.15, -0.1) is 0 Å².